The number of anilines is 2. The Kier molecular flexibility index (Phi) is 15.1. The van der Waals surface area contributed by atoms with Crippen molar-refractivity contribution in [3.05, 3.63) is 82.5 Å². The molecule has 72 heavy (non-hydrogen) atoms. The van der Waals surface area contributed by atoms with Crippen molar-refractivity contribution in [3.8, 4) is 23.3 Å². The summed E-state index contributed by atoms with van der Waals surface area (Å²) in [7, 11) is 1.41. The highest BCUT2D eigenvalue weighted by molar-refractivity contribution is 6.05. The SMILES string of the molecule is CCn1nc(C)cc1C(=O)Nc1nc2cc(C(=O)O)cc(OC)c2n1CC=CCn1c(NC(=O)c2cc(C)nn2CC)nc2cc(C(N)=O)cc(OCC#CC(C)(C)N3CCN(C(=O)OC(C)(C)C)CC3)c21. The highest BCUT2D eigenvalue weighted by Gasteiger charge is 2.32. The van der Waals surface area contributed by atoms with Crippen molar-refractivity contribution >= 4 is 63.7 Å². The predicted octanol–water partition coefficient (Wildman–Crippen LogP) is 5.72. The molecule has 5 heterocycles. The van der Waals surface area contributed by atoms with E-state index in [9.17, 15) is 29.1 Å². The Morgan fingerprint density at radius 1 is 0.750 bits per heavy atom. The molecule has 2 aromatic carbocycles. The van der Waals surface area contributed by atoms with Gasteiger partial charge in [-0.2, -0.15) is 10.2 Å². The minimum Gasteiger partial charge on any atom is -0.494 e. The fourth-order valence-corrected chi connectivity index (χ4v) is 8.39. The van der Waals surface area contributed by atoms with Gasteiger partial charge in [-0.05, 0) is 98.7 Å². The van der Waals surface area contributed by atoms with Crippen LogP contribution in [-0.4, -0.2) is 134 Å². The highest BCUT2D eigenvalue weighted by Crippen LogP contribution is 2.33. The zero-order valence-corrected chi connectivity index (χ0v) is 42.2. The number of piperazine rings is 1. The fraction of sp³-hybridized carbons (Fsp3) is 0.420. The molecule has 0 atom stereocenters. The zero-order chi connectivity index (χ0) is 52.2. The van der Waals surface area contributed by atoms with E-state index in [2.05, 4.69) is 42.6 Å². The summed E-state index contributed by atoms with van der Waals surface area (Å²) in [5.74, 6) is 4.26. The smallest absolute Gasteiger partial charge is 0.410 e. The summed E-state index contributed by atoms with van der Waals surface area (Å²) >= 11 is 0. The molecule has 0 radical (unpaired) electrons. The van der Waals surface area contributed by atoms with Gasteiger partial charge in [-0.3, -0.25) is 39.3 Å². The second-order valence-electron chi connectivity index (χ2n) is 18.6. The van der Waals surface area contributed by atoms with Gasteiger partial charge in [0.15, 0.2) is 0 Å². The van der Waals surface area contributed by atoms with Gasteiger partial charge in [0.25, 0.3) is 11.8 Å². The molecule has 4 aromatic heterocycles. The number of aromatic nitrogens is 8. The van der Waals surface area contributed by atoms with Crippen LogP contribution < -0.4 is 25.8 Å². The number of fused-ring (bicyclic) bond motifs is 2. The monoisotopic (exact) mass is 987 g/mol. The molecule has 0 bridgehead atoms. The number of carbonyl (C=O) groups excluding carboxylic acids is 4. The van der Waals surface area contributed by atoms with Gasteiger partial charge < -0.3 is 39.1 Å². The molecule has 4 amide bonds. The minimum atomic E-state index is -1.18. The van der Waals surface area contributed by atoms with Crippen LogP contribution in [0.15, 0.2) is 48.6 Å². The molecular formula is C50H61N13O9. The van der Waals surface area contributed by atoms with Gasteiger partial charge in [0.2, 0.25) is 17.8 Å². The van der Waals surface area contributed by atoms with Gasteiger partial charge in [-0.25, -0.2) is 19.6 Å². The van der Waals surface area contributed by atoms with Crippen LogP contribution in [0.5, 0.6) is 11.5 Å². The summed E-state index contributed by atoms with van der Waals surface area (Å²) in [6, 6.07) is 9.14. The van der Waals surface area contributed by atoms with Crippen LogP contribution in [0.3, 0.4) is 0 Å². The number of amides is 4. The second kappa shape index (κ2) is 21.0. The van der Waals surface area contributed by atoms with E-state index >= 15 is 0 Å². The average molecular weight is 988 g/mol. The van der Waals surface area contributed by atoms with E-state index in [4.69, 9.17) is 24.9 Å². The van der Waals surface area contributed by atoms with E-state index in [1.54, 1.807) is 61.5 Å². The number of benzene rings is 2. The van der Waals surface area contributed by atoms with E-state index in [-0.39, 0.29) is 65.8 Å². The maximum Gasteiger partial charge on any atom is 0.410 e. The molecular weight excluding hydrogens is 927 g/mol. The topological polar surface area (TPSA) is 261 Å². The van der Waals surface area contributed by atoms with E-state index in [1.807, 2.05) is 48.5 Å². The van der Waals surface area contributed by atoms with E-state index in [0.717, 1.165) is 0 Å². The number of carboxylic acids is 1. The van der Waals surface area contributed by atoms with E-state index < -0.39 is 34.8 Å². The van der Waals surface area contributed by atoms with Gasteiger partial charge in [-0.1, -0.05) is 24.0 Å². The Morgan fingerprint density at radius 3 is 1.72 bits per heavy atom. The highest BCUT2D eigenvalue weighted by atomic mass is 16.6. The third-order valence-electron chi connectivity index (χ3n) is 11.8. The van der Waals surface area contributed by atoms with Gasteiger partial charge >= 0.3 is 12.1 Å². The number of aryl methyl sites for hydroxylation is 4. The molecule has 1 saturated heterocycles. The number of hydrogen-bond donors (Lipinski definition) is 4. The number of imidazole rings is 2. The van der Waals surface area contributed by atoms with Gasteiger partial charge in [0, 0.05) is 57.9 Å². The predicted molar refractivity (Wildman–Crippen MR) is 269 cm³/mol. The van der Waals surface area contributed by atoms with Crippen molar-refractivity contribution in [2.45, 2.75) is 99.6 Å². The van der Waals surface area contributed by atoms with Crippen molar-refractivity contribution < 1.29 is 43.3 Å². The number of hydrogen-bond acceptors (Lipinski definition) is 13. The number of nitrogens with zero attached hydrogens (tertiary/aromatic N) is 10. The summed E-state index contributed by atoms with van der Waals surface area (Å²) in [4.78, 5) is 78.5. The molecule has 380 valence electrons. The number of allylic oxidation sites excluding steroid dienone is 2. The number of primary amides is 1. The van der Waals surface area contributed by atoms with Crippen LogP contribution in [0.25, 0.3) is 22.1 Å². The second-order valence-corrected chi connectivity index (χ2v) is 18.6. The molecule has 22 heteroatoms. The molecule has 1 aliphatic rings. The van der Waals surface area contributed by atoms with E-state index in [0.29, 0.717) is 78.6 Å². The van der Waals surface area contributed by atoms with Crippen LogP contribution in [0.2, 0.25) is 0 Å². The lowest BCUT2D eigenvalue weighted by Gasteiger charge is -2.41. The Morgan fingerprint density at radius 2 is 1.25 bits per heavy atom. The maximum atomic E-state index is 13.9. The first-order valence-corrected chi connectivity index (χ1v) is 23.5. The first-order chi connectivity index (χ1) is 34.1. The normalized spacial score (nSPS) is 13.3. The third-order valence-corrected chi connectivity index (χ3v) is 11.8. The molecule has 1 aliphatic heterocycles. The molecule has 1 fully saturated rings. The Labute approximate surface area is 416 Å². The number of carbonyl (C=O) groups is 5. The molecule has 6 aromatic rings. The lowest BCUT2D eigenvalue weighted by atomic mass is 10.0. The molecule has 22 nitrogen and oxygen atoms in total. The average Bonchev–Trinajstić information content (AvgIpc) is 4.10. The summed E-state index contributed by atoms with van der Waals surface area (Å²) < 4.78 is 24.1. The standard InChI is InChI=1S/C50H61N13O9/c1-11-62-36(24-30(3)56-62)43(65)54-46-53-35-27-33(45(67)68)29-38(70-10)40(35)60(46)17-13-14-18-61-41-34(52-47(61)55-44(66)37-25-31(4)57-63(37)12-2)26-32(42(51)64)28-39(41)71-23-15-16-50(8,9)59-21-19-58(20-22-59)48(69)72-49(5,6)7/h13-14,24-29H,11-12,17-23H2,1-10H3,(H2,51,64)(H,67,68)(H,52,55,66)(H,53,54,65). The molecule has 0 spiro atoms. The number of nitrogens with two attached hydrogens (primary N) is 1. The molecule has 0 unspecified atom stereocenters. The van der Waals surface area contributed by atoms with Crippen molar-refractivity contribution in [1.82, 2.24) is 48.5 Å². The van der Waals surface area contributed by atoms with Crippen LogP contribution in [0, 0.1) is 25.7 Å². The molecule has 7 rings (SSSR count). The van der Waals surface area contributed by atoms with Crippen molar-refractivity contribution in [1.29, 1.82) is 0 Å². The number of ether oxygens (including phenoxy) is 3. The Bertz CT molecular complexity index is 3170. The van der Waals surface area contributed by atoms with Crippen LogP contribution in [0.4, 0.5) is 16.7 Å². The minimum absolute atomic E-state index is 0.0572. The number of aromatic carboxylic acids is 1. The van der Waals surface area contributed by atoms with Crippen LogP contribution in [0.1, 0.15) is 102 Å². The summed E-state index contributed by atoms with van der Waals surface area (Å²) in [6.45, 7) is 19.9. The molecule has 0 saturated carbocycles. The molecule has 0 aliphatic carbocycles. The Balaban J connectivity index is 1.22. The van der Waals surface area contributed by atoms with Crippen LogP contribution >= 0.6 is 0 Å². The summed E-state index contributed by atoms with van der Waals surface area (Å²) in [5, 5.41) is 24.5. The van der Waals surface area contributed by atoms with Gasteiger partial charge in [0.1, 0.15) is 46.1 Å². The van der Waals surface area contributed by atoms with Crippen molar-refractivity contribution in [3.63, 3.8) is 0 Å². The van der Waals surface area contributed by atoms with Gasteiger partial charge in [-0.15, -0.1) is 0 Å². The first kappa shape index (κ1) is 51.7. The summed E-state index contributed by atoms with van der Waals surface area (Å²) in [6.07, 6.45) is 3.25. The number of rotatable bonds is 16. The third kappa shape index (κ3) is 11.4. The Hall–Kier alpha value is -8.19. The van der Waals surface area contributed by atoms with E-state index in [1.165, 1.54) is 31.4 Å². The van der Waals surface area contributed by atoms with Crippen molar-refractivity contribution in [2.24, 2.45) is 5.73 Å². The quantitative estimate of drug-likeness (QED) is 0.0669. The number of carboxylic acid groups (broad SMARTS) is 1. The lowest BCUT2D eigenvalue weighted by molar-refractivity contribution is 0.00778. The summed E-state index contributed by atoms with van der Waals surface area (Å²) in [5.41, 5.74) is 8.02. The first-order valence-electron chi connectivity index (χ1n) is 23.5. The number of methoxy groups -OCH3 is 1. The largest absolute Gasteiger partial charge is 0.494 e. The lowest BCUT2D eigenvalue weighted by Crippen LogP contribution is -2.55. The van der Waals surface area contributed by atoms with Gasteiger partial charge in [0.05, 0.1) is 40.6 Å². The zero-order valence-electron chi connectivity index (χ0n) is 42.2. The molecule has 5 N–H and O–H groups in total. The maximum absolute atomic E-state index is 13.9. The van der Waals surface area contributed by atoms with Crippen LogP contribution in [-0.2, 0) is 30.9 Å². The number of nitrogens with one attached hydrogen (secondary N) is 2. The fourth-order valence-electron chi connectivity index (χ4n) is 8.39. The van der Waals surface area contributed by atoms with Crippen molar-refractivity contribution in [2.75, 3.05) is 50.5 Å².